The van der Waals surface area contributed by atoms with Gasteiger partial charge in [0.05, 0.1) is 11.1 Å². The Balaban J connectivity index is 1.54. The van der Waals surface area contributed by atoms with Crippen LogP contribution in [0.3, 0.4) is 0 Å². The number of thiazole rings is 1. The number of terminal acetylenes is 1. The minimum absolute atomic E-state index is 0.192. The number of rotatable bonds is 5. The molecule has 1 aliphatic rings. The molecule has 0 bridgehead atoms. The number of carbonyl (C=O) groups is 1. The summed E-state index contributed by atoms with van der Waals surface area (Å²) in [5, 5.41) is 4.99. The van der Waals surface area contributed by atoms with Crippen LogP contribution in [0.5, 0.6) is 0 Å². The molecule has 0 aliphatic carbocycles. The molecule has 1 atom stereocenters. The number of hydrogen-bond donors (Lipinski definition) is 1. The molecule has 1 N–H and O–H groups in total. The van der Waals surface area contributed by atoms with Crippen LogP contribution >= 0.6 is 22.9 Å². The van der Waals surface area contributed by atoms with E-state index in [1.807, 2.05) is 31.0 Å². The van der Waals surface area contributed by atoms with Crippen LogP contribution < -0.4 is 10.2 Å². The number of halogens is 3. The van der Waals surface area contributed by atoms with Crippen molar-refractivity contribution >= 4 is 39.7 Å². The molecule has 9 heteroatoms. The van der Waals surface area contributed by atoms with Crippen molar-refractivity contribution in [2.24, 2.45) is 0 Å². The van der Waals surface area contributed by atoms with Crippen LogP contribution in [0.2, 0.25) is 5.02 Å². The molecule has 2 heterocycles. The van der Waals surface area contributed by atoms with Gasteiger partial charge in [-0.15, -0.1) is 17.8 Å². The van der Waals surface area contributed by atoms with Crippen molar-refractivity contribution < 1.29 is 13.6 Å². The van der Waals surface area contributed by atoms with Gasteiger partial charge in [0.2, 0.25) is 0 Å². The standard InChI is InChI=1S/C25H23ClF2N4OS/c1-4-25(2,16-5-7-17(26)8-6-16)21-15-34-24(29-21)30-23(33)22-19(27)13-18(14-20(22)28)32-11-9-31(3)10-12-32/h1,5-8,13-15H,9-12H2,2-3H3,(H,29,30,33)/t25-/m0/s1. The SMILES string of the molecule is C#C[C@@](C)(c1ccc(Cl)cc1)c1csc(NC(=O)c2c(F)cc(N3CCN(C)CC3)cc2F)n1. The predicted molar refractivity (Wildman–Crippen MR) is 133 cm³/mol. The number of anilines is 2. The molecule has 1 amide bonds. The third kappa shape index (κ3) is 4.78. The zero-order chi connectivity index (χ0) is 24.5. The second-order valence-electron chi connectivity index (χ2n) is 8.34. The first-order valence-corrected chi connectivity index (χ1v) is 11.9. The maximum atomic E-state index is 14.8. The van der Waals surface area contributed by atoms with E-state index >= 15 is 0 Å². The van der Waals surface area contributed by atoms with Gasteiger partial charge in [0.1, 0.15) is 17.2 Å². The fraction of sp³-hybridized carbons (Fsp3) is 0.280. The van der Waals surface area contributed by atoms with Gasteiger partial charge in [0, 0.05) is 42.3 Å². The molecular formula is C25H23ClF2N4OS. The predicted octanol–water partition coefficient (Wildman–Crippen LogP) is 5.02. The maximum absolute atomic E-state index is 14.8. The van der Waals surface area contributed by atoms with E-state index in [4.69, 9.17) is 18.0 Å². The summed E-state index contributed by atoms with van der Waals surface area (Å²) in [6, 6.07) is 9.50. The van der Waals surface area contributed by atoms with Gasteiger partial charge in [-0.3, -0.25) is 10.1 Å². The van der Waals surface area contributed by atoms with E-state index in [0.29, 0.717) is 29.5 Å². The molecule has 3 aromatic rings. The normalized spacial score (nSPS) is 16.1. The van der Waals surface area contributed by atoms with E-state index in [1.165, 1.54) is 12.1 Å². The summed E-state index contributed by atoms with van der Waals surface area (Å²) in [5.74, 6) is 0.00287. The van der Waals surface area contributed by atoms with Crippen LogP contribution in [0.1, 0.15) is 28.5 Å². The number of carbonyl (C=O) groups excluding carboxylic acids is 1. The molecular weight excluding hydrogens is 478 g/mol. The highest BCUT2D eigenvalue weighted by atomic mass is 35.5. The molecule has 0 radical (unpaired) electrons. The Morgan fingerprint density at radius 1 is 1.18 bits per heavy atom. The molecule has 4 rings (SSSR count). The fourth-order valence-electron chi connectivity index (χ4n) is 3.83. The van der Waals surface area contributed by atoms with Gasteiger partial charge in [-0.2, -0.15) is 0 Å². The lowest BCUT2D eigenvalue weighted by Crippen LogP contribution is -2.44. The fourth-order valence-corrected chi connectivity index (χ4v) is 4.77. The second-order valence-corrected chi connectivity index (χ2v) is 9.64. The Kier molecular flexibility index (Phi) is 6.89. The molecule has 5 nitrogen and oxygen atoms in total. The molecule has 176 valence electrons. The van der Waals surface area contributed by atoms with E-state index in [9.17, 15) is 13.6 Å². The van der Waals surface area contributed by atoms with Crippen LogP contribution in [-0.4, -0.2) is 49.0 Å². The molecule has 1 fully saturated rings. The van der Waals surface area contributed by atoms with Crippen molar-refractivity contribution in [2.45, 2.75) is 12.3 Å². The molecule has 1 saturated heterocycles. The summed E-state index contributed by atoms with van der Waals surface area (Å²) < 4.78 is 29.6. The second kappa shape index (κ2) is 9.71. The molecule has 34 heavy (non-hydrogen) atoms. The average Bonchev–Trinajstić information content (AvgIpc) is 3.28. The maximum Gasteiger partial charge on any atom is 0.263 e. The minimum Gasteiger partial charge on any atom is -0.369 e. The number of hydrogen-bond acceptors (Lipinski definition) is 5. The van der Waals surface area contributed by atoms with E-state index in [1.54, 1.807) is 17.5 Å². The van der Waals surface area contributed by atoms with E-state index in [-0.39, 0.29) is 5.13 Å². The first-order valence-electron chi connectivity index (χ1n) is 10.6. The largest absolute Gasteiger partial charge is 0.369 e. The Morgan fingerprint density at radius 3 is 2.38 bits per heavy atom. The van der Waals surface area contributed by atoms with Crippen molar-refractivity contribution in [3.63, 3.8) is 0 Å². The highest BCUT2D eigenvalue weighted by Crippen LogP contribution is 2.34. The number of likely N-dealkylation sites (N-methyl/N-ethyl adjacent to an activating group) is 1. The van der Waals surface area contributed by atoms with Crippen molar-refractivity contribution in [1.29, 1.82) is 0 Å². The quantitative estimate of drug-likeness (QED) is 0.500. The number of aromatic nitrogens is 1. The zero-order valence-electron chi connectivity index (χ0n) is 18.7. The molecule has 0 unspecified atom stereocenters. The van der Waals surface area contributed by atoms with Gasteiger partial charge in [-0.05, 0) is 43.8 Å². The topological polar surface area (TPSA) is 48.5 Å². The van der Waals surface area contributed by atoms with E-state index < -0.39 is 28.5 Å². The monoisotopic (exact) mass is 500 g/mol. The van der Waals surface area contributed by atoms with Gasteiger partial charge in [-0.25, -0.2) is 13.8 Å². The van der Waals surface area contributed by atoms with Crippen LogP contribution in [0.15, 0.2) is 41.8 Å². The summed E-state index contributed by atoms with van der Waals surface area (Å²) in [6.07, 6.45) is 5.82. The molecule has 1 aliphatic heterocycles. The number of nitrogens with one attached hydrogen (secondary N) is 1. The lowest BCUT2D eigenvalue weighted by Gasteiger charge is -2.34. The van der Waals surface area contributed by atoms with Gasteiger partial charge < -0.3 is 9.80 Å². The summed E-state index contributed by atoms with van der Waals surface area (Å²) >= 11 is 7.11. The summed E-state index contributed by atoms with van der Waals surface area (Å²) in [4.78, 5) is 21.2. The Hall–Kier alpha value is -2.99. The molecule has 1 aromatic heterocycles. The summed E-state index contributed by atoms with van der Waals surface area (Å²) in [7, 11) is 2.00. The van der Waals surface area contributed by atoms with Crippen LogP contribution in [0, 0.1) is 24.0 Å². The Morgan fingerprint density at radius 2 is 1.79 bits per heavy atom. The molecule has 2 aromatic carbocycles. The van der Waals surface area contributed by atoms with Gasteiger partial charge >= 0.3 is 0 Å². The molecule has 0 spiro atoms. The van der Waals surface area contributed by atoms with E-state index in [2.05, 4.69) is 21.1 Å². The third-order valence-electron chi connectivity index (χ3n) is 6.07. The number of amides is 1. The van der Waals surface area contributed by atoms with Gasteiger partial charge in [0.25, 0.3) is 5.91 Å². The van der Waals surface area contributed by atoms with Crippen molar-refractivity contribution in [3.8, 4) is 12.3 Å². The van der Waals surface area contributed by atoms with Crippen LogP contribution in [0.25, 0.3) is 0 Å². The van der Waals surface area contributed by atoms with Crippen LogP contribution in [0.4, 0.5) is 19.6 Å². The first-order chi connectivity index (χ1) is 16.2. The summed E-state index contributed by atoms with van der Waals surface area (Å²) in [6.45, 7) is 4.73. The minimum atomic E-state index is -0.919. The number of piperazine rings is 1. The zero-order valence-corrected chi connectivity index (χ0v) is 20.3. The Labute approximate surface area is 206 Å². The highest BCUT2D eigenvalue weighted by Gasteiger charge is 2.30. The van der Waals surface area contributed by atoms with Crippen molar-refractivity contribution in [1.82, 2.24) is 9.88 Å². The van der Waals surface area contributed by atoms with Gasteiger partial charge in [0.15, 0.2) is 5.13 Å². The van der Waals surface area contributed by atoms with Crippen molar-refractivity contribution in [3.05, 3.63) is 75.3 Å². The lowest BCUT2D eigenvalue weighted by molar-refractivity contribution is 0.101. The number of nitrogens with zero attached hydrogens (tertiary/aromatic N) is 3. The lowest BCUT2D eigenvalue weighted by atomic mass is 9.81. The summed E-state index contributed by atoms with van der Waals surface area (Å²) in [5.41, 5.74) is 0.240. The first kappa shape index (κ1) is 24.1. The van der Waals surface area contributed by atoms with Crippen molar-refractivity contribution in [2.75, 3.05) is 43.4 Å². The average molecular weight is 501 g/mol. The third-order valence-corrected chi connectivity index (χ3v) is 7.08. The van der Waals surface area contributed by atoms with Crippen LogP contribution in [-0.2, 0) is 5.41 Å². The number of benzene rings is 2. The van der Waals surface area contributed by atoms with E-state index in [0.717, 1.165) is 30.0 Å². The Bertz CT molecular complexity index is 1230. The molecule has 0 saturated carbocycles. The van der Waals surface area contributed by atoms with Gasteiger partial charge in [-0.1, -0.05) is 29.7 Å². The smallest absolute Gasteiger partial charge is 0.263 e. The highest BCUT2D eigenvalue weighted by molar-refractivity contribution is 7.14.